The molecule has 0 aromatic carbocycles. The number of hydrogen-bond acceptors (Lipinski definition) is 5. The lowest BCUT2D eigenvalue weighted by Gasteiger charge is -2.22. The zero-order chi connectivity index (χ0) is 11.6. The molecule has 3 aliphatic heterocycles. The molecule has 3 heterocycles. The van der Waals surface area contributed by atoms with Crippen molar-refractivity contribution >= 4 is 11.9 Å². The quantitative estimate of drug-likeness (QED) is 0.374. The van der Waals surface area contributed by atoms with Crippen molar-refractivity contribution in [2.75, 3.05) is 26.7 Å². The first kappa shape index (κ1) is 10.0. The molecule has 0 bridgehead atoms. The van der Waals surface area contributed by atoms with Crippen molar-refractivity contribution in [3.05, 3.63) is 0 Å². The Morgan fingerprint density at radius 2 is 2.06 bits per heavy atom. The first-order valence-electron chi connectivity index (χ1n) is 5.47. The SMILES string of the molecule is COC(=O)C1(C(=O)O)N2CCN3CCCC321. The molecule has 3 aliphatic rings. The maximum atomic E-state index is 11.8. The summed E-state index contributed by atoms with van der Waals surface area (Å²) >= 11 is 0. The van der Waals surface area contributed by atoms with Gasteiger partial charge in [-0.05, 0) is 12.8 Å². The fourth-order valence-electron chi connectivity index (χ4n) is 3.70. The summed E-state index contributed by atoms with van der Waals surface area (Å²) in [6.45, 7) is 2.37. The fraction of sp³-hybridized carbons (Fsp3) is 0.800. The van der Waals surface area contributed by atoms with E-state index in [4.69, 9.17) is 4.74 Å². The minimum atomic E-state index is -1.43. The van der Waals surface area contributed by atoms with Crippen LogP contribution in [0, 0.1) is 0 Å². The number of methoxy groups -OCH3 is 1. The van der Waals surface area contributed by atoms with Gasteiger partial charge in [-0.2, -0.15) is 0 Å². The monoisotopic (exact) mass is 226 g/mol. The van der Waals surface area contributed by atoms with E-state index in [0.717, 1.165) is 25.9 Å². The van der Waals surface area contributed by atoms with Gasteiger partial charge >= 0.3 is 11.9 Å². The smallest absolute Gasteiger partial charge is 0.341 e. The molecule has 3 fully saturated rings. The van der Waals surface area contributed by atoms with Crippen LogP contribution in [0.1, 0.15) is 12.8 Å². The number of carboxylic acids is 1. The number of carbonyl (C=O) groups is 2. The summed E-state index contributed by atoms with van der Waals surface area (Å²) in [7, 11) is 1.25. The van der Waals surface area contributed by atoms with E-state index in [1.807, 2.05) is 0 Å². The number of nitrogens with zero attached hydrogens (tertiary/aromatic N) is 2. The van der Waals surface area contributed by atoms with Gasteiger partial charge in [-0.25, -0.2) is 9.59 Å². The zero-order valence-electron chi connectivity index (χ0n) is 9.10. The highest BCUT2D eigenvalue weighted by Crippen LogP contribution is 2.62. The third-order valence-corrected chi connectivity index (χ3v) is 4.24. The van der Waals surface area contributed by atoms with E-state index in [1.165, 1.54) is 7.11 Å². The van der Waals surface area contributed by atoms with Crippen LogP contribution in [-0.4, -0.2) is 64.8 Å². The van der Waals surface area contributed by atoms with Gasteiger partial charge in [-0.15, -0.1) is 0 Å². The molecule has 3 saturated heterocycles. The second-order valence-corrected chi connectivity index (χ2v) is 4.57. The number of carbonyl (C=O) groups excluding carboxylic acids is 1. The zero-order valence-corrected chi connectivity index (χ0v) is 9.10. The van der Waals surface area contributed by atoms with E-state index in [1.54, 1.807) is 4.90 Å². The predicted molar refractivity (Wildman–Crippen MR) is 52.6 cm³/mol. The van der Waals surface area contributed by atoms with Crippen molar-refractivity contribution < 1.29 is 19.4 Å². The normalized spacial score (nSPS) is 44.9. The Balaban J connectivity index is 2.06. The number of esters is 1. The molecule has 1 N–H and O–H groups in total. The van der Waals surface area contributed by atoms with E-state index >= 15 is 0 Å². The summed E-state index contributed by atoms with van der Waals surface area (Å²) in [5.74, 6) is -1.71. The van der Waals surface area contributed by atoms with Crippen molar-refractivity contribution in [1.29, 1.82) is 0 Å². The van der Waals surface area contributed by atoms with Crippen LogP contribution in [0.3, 0.4) is 0 Å². The van der Waals surface area contributed by atoms with Crippen LogP contribution in [0.5, 0.6) is 0 Å². The maximum Gasteiger partial charge on any atom is 0.341 e. The lowest BCUT2D eigenvalue weighted by molar-refractivity contribution is -0.157. The van der Waals surface area contributed by atoms with Crippen molar-refractivity contribution in [2.45, 2.75) is 24.0 Å². The molecule has 0 radical (unpaired) electrons. The molecule has 0 aromatic rings. The summed E-state index contributed by atoms with van der Waals surface area (Å²) in [4.78, 5) is 27.2. The molecule has 1 spiro atoms. The first-order chi connectivity index (χ1) is 7.62. The summed E-state index contributed by atoms with van der Waals surface area (Å²) in [6.07, 6.45) is 1.69. The number of rotatable bonds is 2. The molecule has 3 unspecified atom stereocenters. The van der Waals surface area contributed by atoms with E-state index in [-0.39, 0.29) is 0 Å². The third-order valence-electron chi connectivity index (χ3n) is 4.24. The summed E-state index contributed by atoms with van der Waals surface area (Å²) in [6, 6.07) is 0. The van der Waals surface area contributed by atoms with Gasteiger partial charge < -0.3 is 9.84 Å². The van der Waals surface area contributed by atoms with E-state index in [0.29, 0.717) is 6.54 Å². The second kappa shape index (κ2) is 2.75. The summed E-state index contributed by atoms with van der Waals surface area (Å²) < 4.78 is 4.69. The number of ether oxygens (including phenoxy) is 1. The molecule has 3 atom stereocenters. The number of carboxylic acid groups (broad SMARTS) is 1. The van der Waals surface area contributed by atoms with Gasteiger partial charge in [0.05, 0.1) is 7.11 Å². The van der Waals surface area contributed by atoms with E-state index < -0.39 is 23.1 Å². The summed E-state index contributed by atoms with van der Waals surface area (Å²) in [5, 5.41) is 9.38. The molecule has 0 saturated carbocycles. The van der Waals surface area contributed by atoms with Gasteiger partial charge in [0, 0.05) is 19.6 Å². The Morgan fingerprint density at radius 1 is 1.31 bits per heavy atom. The minimum Gasteiger partial charge on any atom is -0.479 e. The van der Waals surface area contributed by atoms with Crippen LogP contribution in [0.4, 0.5) is 0 Å². The lowest BCUT2D eigenvalue weighted by Crippen LogP contribution is -2.50. The molecule has 6 nitrogen and oxygen atoms in total. The molecular formula is C10H14N2O4. The van der Waals surface area contributed by atoms with Crippen molar-refractivity contribution in [1.82, 2.24) is 9.80 Å². The Labute approximate surface area is 92.8 Å². The standard InChI is InChI=1S/C10H14N2O4/c1-16-8(15)10(7(13)14)9-3-2-4-11(9)5-6-12(9)10/h2-6H2,1H3,(H,13,14). The Bertz CT molecular complexity index is 383. The van der Waals surface area contributed by atoms with E-state index in [9.17, 15) is 14.7 Å². The van der Waals surface area contributed by atoms with Crippen LogP contribution < -0.4 is 0 Å². The van der Waals surface area contributed by atoms with Crippen molar-refractivity contribution in [2.24, 2.45) is 0 Å². The van der Waals surface area contributed by atoms with Crippen LogP contribution in [0.2, 0.25) is 0 Å². The Hall–Kier alpha value is -1.14. The van der Waals surface area contributed by atoms with Gasteiger partial charge in [0.1, 0.15) is 5.66 Å². The molecule has 3 rings (SSSR count). The number of piperazine rings is 1. The third kappa shape index (κ3) is 0.728. The van der Waals surface area contributed by atoms with Gasteiger partial charge in [0.2, 0.25) is 0 Å². The van der Waals surface area contributed by atoms with Gasteiger partial charge in [-0.3, -0.25) is 9.80 Å². The largest absolute Gasteiger partial charge is 0.479 e. The topological polar surface area (TPSA) is 69.9 Å². The second-order valence-electron chi connectivity index (χ2n) is 4.57. The molecule has 16 heavy (non-hydrogen) atoms. The Morgan fingerprint density at radius 3 is 2.69 bits per heavy atom. The average Bonchev–Trinajstić information content (AvgIpc) is 2.58. The van der Waals surface area contributed by atoms with Gasteiger partial charge in [0.25, 0.3) is 5.54 Å². The highest BCUT2D eigenvalue weighted by atomic mass is 16.5. The lowest BCUT2D eigenvalue weighted by atomic mass is 9.97. The molecule has 6 heteroatoms. The van der Waals surface area contributed by atoms with Crippen LogP contribution >= 0.6 is 0 Å². The minimum absolute atomic E-state index is 0.577. The van der Waals surface area contributed by atoms with Crippen LogP contribution in [0.15, 0.2) is 0 Å². The maximum absolute atomic E-state index is 11.8. The summed E-state index contributed by atoms with van der Waals surface area (Å²) in [5.41, 5.74) is -2.01. The first-order valence-corrected chi connectivity index (χ1v) is 5.47. The predicted octanol–water partition coefficient (Wildman–Crippen LogP) is -0.896. The molecule has 0 aromatic heterocycles. The highest BCUT2D eigenvalue weighted by Gasteiger charge is 2.89. The number of hydrogen-bond donors (Lipinski definition) is 1. The fourth-order valence-corrected chi connectivity index (χ4v) is 3.70. The van der Waals surface area contributed by atoms with Gasteiger partial charge in [-0.1, -0.05) is 0 Å². The molecular weight excluding hydrogens is 212 g/mol. The van der Waals surface area contributed by atoms with Crippen molar-refractivity contribution in [3.8, 4) is 0 Å². The highest BCUT2D eigenvalue weighted by molar-refractivity contribution is 6.10. The molecule has 0 amide bonds. The molecule has 0 aliphatic carbocycles. The van der Waals surface area contributed by atoms with Crippen LogP contribution in [-0.2, 0) is 14.3 Å². The van der Waals surface area contributed by atoms with Crippen molar-refractivity contribution in [3.63, 3.8) is 0 Å². The Kier molecular flexibility index (Phi) is 1.73. The average molecular weight is 226 g/mol. The number of aliphatic carboxylic acids is 1. The van der Waals surface area contributed by atoms with Crippen LogP contribution in [0.25, 0.3) is 0 Å². The van der Waals surface area contributed by atoms with Gasteiger partial charge in [0.15, 0.2) is 0 Å². The molecule has 88 valence electrons. The van der Waals surface area contributed by atoms with E-state index in [2.05, 4.69) is 4.90 Å².